The molecule has 0 aromatic carbocycles. The van der Waals surface area contributed by atoms with Gasteiger partial charge >= 0.3 is 0 Å². The Hall–Kier alpha value is -1.41. The molecule has 2 nitrogen and oxygen atoms in total. The van der Waals surface area contributed by atoms with Crippen molar-refractivity contribution in [2.24, 2.45) is 5.92 Å². The highest BCUT2D eigenvalue weighted by Gasteiger charge is 2.17. The van der Waals surface area contributed by atoms with Gasteiger partial charge in [-0.3, -0.25) is 9.88 Å². The molecule has 1 aliphatic heterocycles. The van der Waals surface area contributed by atoms with E-state index in [0.29, 0.717) is 0 Å². The van der Waals surface area contributed by atoms with Crippen LogP contribution in [0, 0.1) is 12.8 Å². The summed E-state index contributed by atoms with van der Waals surface area (Å²) in [4.78, 5) is 7.27. The predicted octanol–water partition coefficient (Wildman–Crippen LogP) is 4.14. The lowest BCUT2D eigenvalue weighted by atomic mass is 9.94. The Morgan fingerprint density at radius 2 is 1.70 bits per heavy atom. The van der Waals surface area contributed by atoms with E-state index in [1.54, 1.807) is 0 Å². The van der Waals surface area contributed by atoms with Crippen molar-refractivity contribution >= 4 is 0 Å². The van der Waals surface area contributed by atoms with E-state index in [-0.39, 0.29) is 0 Å². The van der Waals surface area contributed by atoms with Gasteiger partial charge in [0.1, 0.15) is 0 Å². The largest absolute Gasteiger partial charge is 0.297 e. The summed E-state index contributed by atoms with van der Waals surface area (Å²) in [5, 5.41) is 0. The van der Waals surface area contributed by atoms with Crippen LogP contribution in [-0.2, 0) is 6.54 Å². The van der Waals surface area contributed by atoms with E-state index in [1.165, 1.54) is 32.4 Å². The van der Waals surface area contributed by atoms with Crippen LogP contribution in [0.1, 0.15) is 37.6 Å². The molecule has 1 aliphatic rings. The Morgan fingerprint density at radius 3 is 2.40 bits per heavy atom. The Balaban J connectivity index is 2.07. The van der Waals surface area contributed by atoms with Gasteiger partial charge in [0.05, 0.1) is 5.69 Å². The van der Waals surface area contributed by atoms with Crippen LogP contribution in [0.5, 0.6) is 0 Å². The molecule has 1 aromatic heterocycles. The monoisotopic (exact) mass is 270 g/mol. The average molecular weight is 270 g/mol. The summed E-state index contributed by atoms with van der Waals surface area (Å²) in [5.74, 6) is 0.933. The van der Waals surface area contributed by atoms with Crippen molar-refractivity contribution in [3.8, 4) is 0 Å². The molecule has 0 aliphatic carbocycles. The fraction of sp³-hybridized carbons (Fsp3) is 0.500. The normalized spacial score (nSPS) is 16.7. The van der Waals surface area contributed by atoms with Crippen LogP contribution in [0.25, 0.3) is 0 Å². The molecule has 2 rings (SSSR count). The molecule has 0 spiro atoms. The maximum Gasteiger partial charge on any atom is 0.0547 e. The highest BCUT2D eigenvalue weighted by molar-refractivity contribution is 5.07. The average Bonchev–Trinajstić information content (AvgIpc) is 2.47. The van der Waals surface area contributed by atoms with E-state index in [1.807, 2.05) is 12.1 Å². The zero-order valence-corrected chi connectivity index (χ0v) is 12.8. The van der Waals surface area contributed by atoms with Crippen molar-refractivity contribution in [1.82, 2.24) is 9.88 Å². The molecule has 0 amide bonds. The lowest BCUT2D eigenvalue weighted by Gasteiger charge is -2.31. The van der Waals surface area contributed by atoms with Crippen LogP contribution in [0.4, 0.5) is 0 Å². The molecule has 108 valence electrons. The second-order valence-corrected chi connectivity index (χ2v) is 5.67. The molecule has 0 unspecified atom stereocenters. The van der Waals surface area contributed by atoms with Gasteiger partial charge in [-0.1, -0.05) is 43.7 Å². The van der Waals surface area contributed by atoms with Crippen LogP contribution in [-0.4, -0.2) is 23.0 Å². The molecule has 0 atom stereocenters. The number of hydrogen-bond acceptors (Lipinski definition) is 2. The standard InChI is InChI=1S/C18H26N2/c1-3-17-11-13-20(14-12-17)15-18-10-8-6-4-5-7-9-16(2)19-18/h4-10,17H,3,11-15H2,1-2H3. The van der Waals surface area contributed by atoms with Crippen LogP contribution < -0.4 is 0 Å². The maximum atomic E-state index is 4.74. The summed E-state index contributed by atoms with van der Waals surface area (Å²) in [6.07, 6.45) is 4.00. The van der Waals surface area contributed by atoms with E-state index >= 15 is 0 Å². The van der Waals surface area contributed by atoms with E-state index in [9.17, 15) is 0 Å². The Bertz CT molecular complexity index is 461. The molecule has 1 saturated heterocycles. The van der Waals surface area contributed by atoms with E-state index < -0.39 is 0 Å². The first-order chi connectivity index (χ1) is 9.78. The zero-order chi connectivity index (χ0) is 14.2. The summed E-state index contributed by atoms with van der Waals surface area (Å²) in [7, 11) is 0. The molecule has 0 bridgehead atoms. The zero-order valence-electron chi connectivity index (χ0n) is 12.8. The summed E-state index contributed by atoms with van der Waals surface area (Å²) in [5.41, 5.74) is 2.23. The van der Waals surface area contributed by atoms with Gasteiger partial charge in [0.25, 0.3) is 0 Å². The minimum Gasteiger partial charge on any atom is -0.297 e. The summed E-state index contributed by atoms with van der Waals surface area (Å²) in [6, 6.07) is 14.5. The molecule has 1 aromatic rings. The van der Waals surface area contributed by atoms with E-state index in [2.05, 4.69) is 49.1 Å². The molecular formula is C18H26N2. The van der Waals surface area contributed by atoms with Crippen molar-refractivity contribution in [3.63, 3.8) is 0 Å². The molecule has 1 fully saturated rings. The molecule has 0 saturated carbocycles. The van der Waals surface area contributed by atoms with Gasteiger partial charge in [0, 0.05) is 12.2 Å². The van der Waals surface area contributed by atoms with Gasteiger partial charge in [0.2, 0.25) is 0 Å². The van der Waals surface area contributed by atoms with E-state index in [0.717, 1.165) is 23.9 Å². The first-order valence-corrected chi connectivity index (χ1v) is 7.76. The molecule has 0 radical (unpaired) electrons. The fourth-order valence-corrected chi connectivity index (χ4v) is 2.72. The number of aryl methyl sites for hydroxylation is 1. The third-order valence-electron chi connectivity index (χ3n) is 4.06. The molecule has 0 N–H and O–H groups in total. The van der Waals surface area contributed by atoms with Crippen molar-refractivity contribution in [2.45, 2.75) is 39.7 Å². The highest BCUT2D eigenvalue weighted by atomic mass is 15.1. The van der Waals surface area contributed by atoms with Gasteiger partial charge < -0.3 is 0 Å². The van der Waals surface area contributed by atoms with Gasteiger partial charge in [-0.25, -0.2) is 0 Å². The number of nitrogens with zero attached hydrogens (tertiary/aromatic N) is 2. The molecule has 2 heterocycles. The highest BCUT2D eigenvalue weighted by Crippen LogP contribution is 2.20. The maximum absolute atomic E-state index is 4.74. The molecule has 2 heteroatoms. The first kappa shape index (κ1) is 15.0. The molecule has 20 heavy (non-hydrogen) atoms. The van der Waals surface area contributed by atoms with Crippen LogP contribution in [0.3, 0.4) is 0 Å². The summed E-state index contributed by atoms with van der Waals surface area (Å²) >= 11 is 0. The van der Waals surface area contributed by atoms with Gasteiger partial charge in [-0.2, -0.15) is 0 Å². The smallest absolute Gasteiger partial charge is 0.0547 e. The second-order valence-electron chi connectivity index (χ2n) is 5.67. The van der Waals surface area contributed by atoms with Gasteiger partial charge in [0.15, 0.2) is 0 Å². The number of piperidine rings is 1. The topological polar surface area (TPSA) is 16.1 Å². The Kier molecular flexibility index (Phi) is 6.00. The lowest BCUT2D eigenvalue weighted by molar-refractivity contribution is 0.173. The predicted molar refractivity (Wildman–Crippen MR) is 84.9 cm³/mol. The summed E-state index contributed by atoms with van der Waals surface area (Å²) in [6.45, 7) is 7.76. The minimum absolute atomic E-state index is 0.933. The second kappa shape index (κ2) is 8.01. The number of rotatable bonds is 3. The van der Waals surface area contributed by atoms with Crippen molar-refractivity contribution in [3.05, 3.63) is 53.9 Å². The Labute approximate surface area is 123 Å². The Morgan fingerprint density at radius 1 is 1.05 bits per heavy atom. The quantitative estimate of drug-likeness (QED) is 0.820. The SMILES string of the molecule is CCC1CCN(Cc2cccccccc(C)n2)CC1. The first-order valence-electron chi connectivity index (χ1n) is 7.76. The third-order valence-corrected chi connectivity index (χ3v) is 4.06. The molecular weight excluding hydrogens is 244 g/mol. The number of hydrogen-bond donors (Lipinski definition) is 0. The third kappa shape index (κ3) is 4.93. The van der Waals surface area contributed by atoms with Crippen LogP contribution in [0.15, 0.2) is 42.5 Å². The van der Waals surface area contributed by atoms with Crippen molar-refractivity contribution in [1.29, 1.82) is 0 Å². The van der Waals surface area contributed by atoms with Crippen LogP contribution >= 0.6 is 0 Å². The van der Waals surface area contributed by atoms with Crippen molar-refractivity contribution < 1.29 is 0 Å². The van der Waals surface area contributed by atoms with E-state index in [4.69, 9.17) is 4.98 Å². The number of aromatic nitrogens is 1. The fourth-order valence-electron chi connectivity index (χ4n) is 2.72. The summed E-state index contributed by atoms with van der Waals surface area (Å²) < 4.78 is 0. The number of likely N-dealkylation sites (tertiary alicyclic amines) is 1. The van der Waals surface area contributed by atoms with Gasteiger partial charge in [-0.15, -0.1) is 0 Å². The van der Waals surface area contributed by atoms with Crippen LogP contribution in [0.2, 0.25) is 0 Å². The van der Waals surface area contributed by atoms with Gasteiger partial charge in [-0.05, 0) is 50.9 Å². The lowest BCUT2D eigenvalue weighted by Crippen LogP contribution is -2.33. The minimum atomic E-state index is 0.933. The van der Waals surface area contributed by atoms with Crippen molar-refractivity contribution in [2.75, 3.05) is 13.1 Å².